The zero-order valence-corrected chi connectivity index (χ0v) is 11.6. The number of rotatable bonds is 6. The van der Waals surface area contributed by atoms with Crippen LogP contribution in [-0.4, -0.2) is 64.4 Å². The first-order chi connectivity index (χ1) is 9.74. The van der Waals surface area contributed by atoms with Crippen LogP contribution in [0.4, 0.5) is 0 Å². The number of carbonyl (C=O) groups is 1. The van der Waals surface area contributed by atoms with Gasteiger partial charge >= 0.3 is 0 Å². The average molecular weight is 282 g/mol. The van der Waals surface area contributed by atoms with Gasteiger partial charge in [0.25, 0.3) is 5.91 Å². The first kappa shape index (κ1) is 15.0. The van der Waals surface area contributed by atoms with Crippen LogP contribution in [0, 0.1) is 0 Å². The number of hydrogen-bond donors (Lipinski definition) is 2. The molecule has 1 fully saturated rings. The zero-order valence-electron chi connectivity index (χ0n) is 11.6. The number of amides is 1. The lowest BCUT2D eigenvalue weighted by molar-refractivity contribution is -0.00564. The van der Waals surface area contributed by atoms with Gasteiger partial charge in [-0.15, -0.1) is 0 Å². The number of aliphatic hydroxyl groups is 1. The summed E-state index contributed by atoms with van der Waals surface area (Å²) in [7, 11) is 0. The quantitative estimate of drug-likeness (QED) is 0.730. The molecule has 2 heterocycles. The van der Waals surface area contributed by atoms with Crippen LogP contribution in [0.25, 0.3) is 0 Å². The Bertz CT molecular complexity index is 427. The number of likely N-dealkylation sites (tertiary alicyclic amines) is 1. The summed E-state index contributed by atoms with van der Waals surface area (Å²) in [4.78, 5) is 18.2. The molecule has 0 aliphatic carbocycles. The van der Waals surface area contributed by atoms with Crippen LogP contribution in [0.15, 0.2) is 12.5 Å². The monoisotopic (exact) mass is 282 g/mol. The smallest absolute Gasteiger partial charge is 0.274 e. The fraction of sp³-hybridized carbons (Fsp3) is 0.692. The second-order valence-corrected chi connectivity index (χ2v) is 4.87. The van der Waals surface area contributed by atoms with Crippen molar-refractivity contribution in [2.24, 2.45) is 5.73 Å². The van der Waals surface area contributed by atoms with Crippen LogP contribution >= 0.6 is 0 Å². The van der Waals surface area contributed by atoms with E-state index in [1.807, 2.05) is 4.57 Å². The molecule has 1 aliphatic rings. The summed E-state index contributed by atoms with van der Waals surface area (Å²) in [6, 6.07) is 0. The molecule has 0 spiro atoms. The lowest BCUT2D eigenvalue weighted by Gasteiger charge is -2.31. The van der Waals surface area contributed by atoms with Gasteiger partial charge in [-0.1, -0.05) is 0 Å². The molecule has 112 valence electrons. The summed E-state index contributed by atoms with van der Waals surface area (Å²) in [6.07, 6.45) is 5.12. The standard InChI is InChI=1S/C13H22N4O3/c14-3-6-16-9-12(15-10-16)13(19)17-4-1-11(2-5-17)20-8-7-18/h9-11,18H,1-8,14H2. The summed E-state index contributed by atoms with van der Waals surface area (Å²) in [6.45, 7) is 2.92. The van der Waals surface area contributed by atoms with Crippen molar-refractivity contribution in [1.29, 1.82) is 0 Å². The molecule has 2 rings (SSSR count). The number of ether oxygens (including phenoxy) is 1. The predicted octanol–water partition coefficient (Wildman–Crippen LogP) is -0.545. The molecular weight excluding hydrogens is 260 g/mol. The molecule has 0 bridgehead atoms. The average Bonchev–Trinajstić information content (AvgIpc) is 2.94. The molecule has 7 heteroatoms. The molecule has 1 saturated heterocycles. The fourth-order valence-corrected chi connectivity index (χ4v) is 2.35. The van der Waals surface area contributed by atoms with Gasteiger partial charge in [-0.05, 0) is 12.8 Å². The second kappa shape index (κ2) is 7.37. The van der Waals surface area contributed by atoms with Crippen molar-refractivity contribution in [3.8, 4) is 0 Å². The minimum absolute atomic E-state index is 0.0394. The Morgan fingerprint density at radius 3 is 2.90 bits per heavy atom. The Kier molecular flexibility index (Phi) is 5.51. The van der Waals surface area contributed by atoms with Gasteiger partial charge in [0, 0.05) is 32.4 Å². The minimum atomic E-state index is -0.0404. The maximum Gasteiger partial charge on any atom is 0.274 e. The lowest BCUT2D eigenvalue weighted by atomic mass is 10.1. The van der Waals surface area contributed by atoms with E-state index >= 15 is 0 Å². The van der Waals surface area contributed by atoms with Crippen molar-refractivity contribution in [2.75, 3.05) is 32.8 Å². The lowest BCUT2D eigenvalue weighted by Crippen LogP contribution is -2.41. The largest absolute Gasteiger partial charge is 0.394 e. The van der Waals surface area contributed by atoms with Crippen molar-refractivity contribution in [3.05, 3.63) is 18.2 Å². The highest BCUT2D eigenvalue weighted by atomic mass is 16.5. The molecule has 1 aromatic rings. The molecule has 0 aromatic carbocycles. The van der Waals surface area contributed by atoms with Gasteiger partial charge in [0.15, 0.2) is 0 Å². The van der Waals surface area contributed by atoms with Crippen molar-refractivity contribution < 1.29 is 14.6 Å². The van der Waals surface area contributed by atoms with E-state index in [0.717, 1.165) is 12.8 Å². The molecule has 1 aromatic heterocycles. The third-order valence-electron chi connectivity index (χ3n) is 3.41. The maximum absolute atomic E-state index is 12.3. The third kappa shape index (κ3) is 3.78. The topological polar surface area (TPSA) is 93.6 Å². The van der Waals surface area contributed by atoms with Crippen LogP contribution in [0.2, 0.25) is 0 Å². The molecule has 0 atom stereocenters. The number of carbonyl (C=O) groups excluding carboxylic acids is 1. The molecule has 0 saturated carbocycles. The Morgan fingerprint density at radius 2 is 2.25 bits per heavy atom. The summed E-state index contributed by atoms with van der Waals surface area (Å²) in [5, 5.41) is 8.72. The van der Waals surface area contributed by atoms with E-state index in [9.17, 15) is 4.79 Å². The second-order valence-electron chi connectivity index (χ2n) is 4.87. The molecular formula is C13H22N4O3. The van der Waals surface area contributed by atoms with Gasteiger partial charge in [-0.25, -0.2) is 4.98 Å². The Hall–Kier alpha value is -1.44. The van der Waals surface area contributed by atoms with Crippen LogP contribution in [0.1, 0.15) is 23.3 Å². The SMILES string of the molecule is NCCn1cnc(C(=O)N2CCC(OCCO)CC2)c1. The zero-order chi connectivity index (χ0) is 14.4. The number of aliphatic hydroxyl groups excluding tert-OH is 1. The van der Waals surface area contributed by atoms with Gasteiger partial charge in [-0.3, -0.25) is 4.79 Å². The van der Waals surface area contributed by atoms with Crippen molar-refractivity contribution in [3.63, 3.8) is 0 Å². The molecule has 0 radical (unpaired) electrons. The van der Waals surface area contributed by atoms with Crippen molar-refractivity contribution >= 4 is 5.91 Å². The first-order valence-electron chi connectivity index (χ1n) is 6.98. The van der Waals surface area contributed by atoms with E-state index in [0.29, 0.717) is 38.5 Å². The number of aromatic nitrogens is 2. The van der Waals surface area contributed by atoms with E-state index in [4.69, 9.17) is 15.6 Å². The summed E-state index contributed by atoms with van der Waals surface area (Å²) < 4.78 is 7.30. The summed E-state index contributed by atoms with van der Waals surface area (Å²) in [5.41, 5.74) is 5.93. The van der Waals surface area contributed by atoms with Gasteiger partial charge in [-0.2, -0.15) is 0 Å². The number of nitrogens with two attached hydrogens (primary N) is 1. The molecule has 1 amide bonds. The number of hydrogen-bond acceptors (Lipinski definition) is 5. The van der Waals surface area contributed by atoms with E-state index in [2.05, 4.69) is 4.98 Å². The van der Waals surface area contributed by atoms with Crippen molar-refractivity contribution in [2.45, 2.75) is 25.5 Å². The molecule has 3 N–H and O–H groups in total. The molecule has 20 heavy (non-hydrogen) atoms. The fourth-order valence-electron chi connectivity index (χ4n) is 2.35. The third-order valence-corrected chi connectivity index (χ3v) is 3.41. The van der Waals surface area contributed by atoms with E-state index in [1.54, 1.807) is 17.4 Å². The van der Waals surface area contributed by atoms with Crippen LogP contribution < -0.4 is 5.73 Å². The highest BCUT2D eigenvalue weighted by Gasteiger charge is 2.25. The maximum atomic E-state index is 12.3. The van der Waals surface area contributed by atoms with Crippen LogP contribution in [0.3, 0.4) is 0 Å². The minimum Gasteiger partial charge on any atom is -0.394 e. The number of nitrogens with zero attached hydrogens (tertiary/aromatic N) is 3. The predicted molar refractivity (Wildman–Crippen MR) is 73.2 cm³/mol. The molecule has 7 nitrogen and oxygen atoms in total. The summed E-state index contributed by atoms with van der Waals surface area (Å²) >= 11 is 0. The van der Waals surface area contributed by atoms with Gasteiger partial charge in [0.2, 0.25) is 0 Å². The highest BCUT2D eigenvalue weighted by Crippen LogP contribution is 2.15. The number of piperidine rings is 1. The van der Waals surface area contributed by atoms with Gasteiger partial charge in [0.05, 0.1) is 25.6 Å². The Labute approximate surface area is 118 Å². The Morgan fingerprint density at radius 1 is 1.50 bits per heavy atom. The van der Waals surface area contributed by atoms with Gasteiger partial charge < -0.3 is 25.0 Å². The molecule has 0 unspecified atom stereocenters. The normalized spacial score (nSPS) is 16.6. The number of imidazole rings is 1. The first-order valence-corrected chi connectivity index (χ1v) is 6.98. The summed E-state index contributed by atoms with van der Waals surface area (Å²) in [5.74, 6) is -0.0404. The van der Waals surface area contributed by atoms with Crippen LogP contribution in [0.5, 0.6) is 0 Å². The van der Waals surface area contributed by atoms with Crippen molar-refractivity contribution in [1.82, 2.24) is 14.5 Å². The van der Waals surface area contributed by atoms with E-state index in [1.165, 1.54) is 0 Å². The Balaban J connectivity index is 1.84. The van der Waals surface area contributed by atoms with E-state index in [-0.39, 0.29) is 18.6 Å². The van der Waals surface area contributed by atoms with E-state index < -0.39 is 0 Å². The molecule has 1 aliphatic heterocycles. The highest BCUT2D eigenvalue weighted by molar-refractivity contribution is 5.92. The van der Waals surface area contributed by atoms with Crippen LogP contribution in [-0.2, 0) is 11.3 Å². The van der Waals surface area contributed by atoms with Gasteiger partial charge in [0.1, 0.15) is 5.69 Å².